The molecule has 2 rings (SSSR count). The Labute approximate surface area is 140 Å². The van der Waals surface area contributed by atoms with Gasteiger partial charge in [0.2, 0.25) is 0 Å². The molecular weight excluding hydrogens is 348 g/mol. The van der Waals surface area contributed by atoms with Crippen LogP contribution in [0.1, 0.15) is 36.1 Å². The Morgan fingerprint density at radius 3 is 2.86 bits per heavy atom. The van der Waals surface area contributed by atoms with Crippen molar-refractivity contribution in [1.29, 1.82) is 0 Å². The van der Waals surface area contributed by atoms with Crippen LogP contribution in [0.4, 0.5) is 0 Å². The number of hydrogen-bond donors (Lipinski definition) is 1. The first-order chi connectivity index (χ1) is 10.1. The highest BCUT2D eigenvalue weighted by Gasteiger charge is 2.16. The monoisotopic (exact) mass is 366 g/mol. The van der Waals surface area contributed by atoms with Crippen LogP contribution < -0.4 is 5.32 Å². The molecule has 21 heavy (non-hydrogen) atoms. The quantitative estimate of drug-likeness (QED) is 0.769. The molecule has 0 saturated carbocycles. The van der Waals surface area contributed by atoms with E-state index >= 15 is 0 Å². The van der Waals surface area contributed by atoms with Gasteiger partial charge in [0.1, 0.15) is 0 Å². The number of aromatic nitrogens is 1. The predicted octanol–water partition coefficient (Wildman–Crippen LogP) is 5.09. The lowest BCUT2D eigenvalue weighted by Crippen LogP contribution is -2.24. The molecule has 0 saturated heterocycles. The van der Waals surface area contributed by atoms with Gasteiger partial charge in [-0.25, -0.2) is 0 Å². The summed E-state index contributed by atoms with van der Waals surface area (Å²) in [7, 11) is 0. The molecule has 0 radical (unpaired) electrons. The zero-order valence-corrected chi connectivity index (χ0v) is 14.7. The summed E-state index contributed by atoms with van der Waals surface area (Å²) in [5.74, 6) is 0. The molecule has 1 atom stereocenters. The fourth-order valence-corrected chi connectivity index (χ4v) is 3.02. The van der Waals surface area contributed by atoms with Gasteiger partial charge in [-0.2, -0.15) is 0 Å². The Kier molecular flexibility index (Phi) is 6.22. The molecule has 0 aliphatic carbocycles. The molecule has 0 amide bonds. The molecule has 2 nitrogen and oxygen atoms in total. The lowest BCUT2D eigenvalue weighted by Gasteiger charge is -2.21. The molecule has 4 heteroatoms. The number of rotatable bonds is 6. The van der Waals surface area contributed by atoms with Gasteiger partial charge in [0.05, 0.1) is 0 Å². The molecule has 1 aromatic heterocycles. The lowest BCUT2D eigenvalue weighted by atomic mass is 9.98. The maximum Gasteiger partial charge on any atom is 0.0483 e. The summed E-state index contributed by atoms with van der Waals surface area (Å²) < 4.78 is 1.00. The Hall–Kier alpha value is -0.900. The van der Waals surface area contributed by atoms with Crippen LogP contribution in [0, 0.1) is 6.92 Å². The van der Waals surface area contributed by atoms with Gasteiger partial charge >= 0.3 is 0 Å². The van der Waals surface area contributed by atoms with Gasteiger partial charge in [0.25, 0.3) is 0 Å². The standard InChI is InChI=1S/C17H20BrClN2/c1-3-7-21-16(9-13-8-14(18)11-20-10-13)15-6-4-5-12(2)17(15)19/h4-6,8,10-11,16,21H,3,7,9H2,1-2H3. The molecule has 0 fully saturated rings. The van der Waals surface area contributed by atoms with Crippen LogP contribution in [-0.4, -0.2) is 11.5 Å². The zero-order chi connectivity index (χ0) is 15.2. The van der Waals surface area contributed by atoms with Gasteiger partial charge < -0.3 is 5.32 Å². The number of hydrogen-bond acceptors (Lipinski definition) is 2. The van der Waals surface area contributed by atoms with Crippen molar-refractivity contribution in [2.24, 2.45) is 0 Å². The van der Waals surface area contributed by atoms with Gasteiger partial charge in [0, 0.05) is 27.9 Å². The van der Waals surface area contributed by atoms with Gasteiger partial charge in [-0.15, -0.1) is 0 Å². The maximum absolute atomic E-state index is 6.50. The van der Waals surface area contributed by atoms with E-state index in [1.54, 1.807) is 6.20 Å². The molecule has 0 aliphatic heterocycles. The summed E-state index contributed by atoms with van der Waals surface area (Å²) in [4.78, 5) is 4.24. The normalized spacial score (nSPS) is 12.4. The van der Waals surface area contributed by atoms with Gasteiger partial charge in [-0.1, -0.05) is 36.7 Å². The highest BCUT2D eigenvalue weighted by molar-refractivity contribution is 9.10. The molecule has 1 unspecified atom stereocenters. The molecule has 0 aliphatic rings. The largest absolute Gasteiger partial charge is 0.310 e. The Morgan fingerprint density at radius 2 is 2.14 bits per heavy atom. The van der Waals surface area contributed by atoms with E-state index in [1.807, 2.05) is 19.2 Å². The van der Waals surface area contributed by atoms with E-state index in [2.05, 4.69) is 51.4 Å². The van der Waals surface area contributed by atoms with E-state index in [4.69, 9.17) is 11.6 Å². The lowest BCUT2D eigenvalue weighted by molar-refractivity contribution is 0.528. The van der Waals surface area contributed by atoms with Crippen molar-refractivity contribution < 1.29 is 0 Å². The predicted molar refractivity (Wildman–Crippen MR) is 92.9 cm³/mol. The average Bonchev–Trinajstić information content (AvgIpc) is 2.47. The number of pyridine rings is 1. The minimum atomic E-state index is 0.202. The van der Waals surface area contributed by atoms with Crippen molar-refractivity contribution in [3.05, 3.63) is 62.8 Å². The SMILES string of the molecule is CCCNC(Cc1cncc(Br)c1)c1cccc(C)c1Cl. The minimum Gasteiger partial charge on any atom is -0.310 e. The van der Waals surface area contributed by atoms with Crippen LogP contribution >= 0.6 is 27.5 Å². The van der Waals surface area contributed by atoms with E-state index in [9.17, 15) is 0 Å². The number of aryl methyl sites for hydroxylation is 1. The molecule has 0 spiro atoms. The second-order valence-electron chi connectivity index (χ2n) is 5.20. The summed E-state index contributed by atoms with van der Waals surface area (Å²) in [5.41, 5.74) is 3.46. The Bertz CT molecular complexity index is 601. The van der Waals surface area contributed by atoms with Gasteiger partial charge in [-0.05, 0) is 65.0 Å². The summed E-state index contributed by atoms with van der Waals surface area (Å²) in [6.45, 7) is 5.18. The molecule has 0 bridgehead atoms. The molecular formula is C17H20BrClN2. The fraction of sp³-hybridized carbons (Fsp3) is 0.353. The van der Waals surface area contributed by atoms with Crippen molar-refractivity contribution in [3.63, 3.8) is 0 Å². The smallest absolute Gasteiger partial charge is 0.0483 e. The average molecular weight is 368 g/mol. The third kappa shape index (κ3) is 4.53. The third-order valence-electron chi connectivity index (χ3n) is 3.44. The highest BCUT2D eigenvalue weighted by Crippen LogP contribution is 2.28. The number of halogens is 2. The highest BCUT2D eigenvalue weighted by atomic mass is 79.9. The summed E-state index contributed by atoms with van der Waals surface area (Å²) in [6.07, 6.45) is 5.68. The van der Waals surface area contributed by atoms with E-state index < -0.39 is 0 Å². The second-order valence-corrected chi connectivity index (χ2v) is 6.49. The van der Waals surface area contributed by atoms with Crippen molar-refractivity contribution in [2.75, 3.05) is 6.54 Å². The first-order valence-corrected chi connectivity index (χ1v) is 8.36. The summed E-state index contributed by atoms with van der Waals surface area (Å²) in [5, 5.41) is 4.45. The summed E-state index contributed by atoms with van der Waals surface area (Å²) in [6, 6.07) is 8.53. The topological polar surface area (TPSA) is 24.9 Å². The number of nitrogens with zero attached hydrogens (tertiary/aromatic N) is 1. The molecule has 1 heterocycles. The minimum absolute atomic E-state index is 0.202. The summed E-state index contributed by atoms with van der Waals surface area (Å²) >= 11 is 9.98. The molecule has 1 N–H and O–H groups in total. The fourth-order valence-electron chi connectivity index (χ4n) is 2.35. The molecule has 1 aromatic carbocycles. The first-order valence-electron chi connectivity index (χ1n) is 7.19. The van der Waals surface area contributed by atoms with Crippen LogP contribution in [-0.2, 0) is 6.42 Å². The third-order valence-corrected chi connectivity index (χ3v) is 4.39. The van der Waals surface area contributed by atoms with Crippen LogP contribution in [0.25, 0.3) is 0 Å². The Morgan fingerprint density at radius 1 is 1.33 bits per heavy atom. The van der Waals surface area contributed by atoms with E-state index in [0.29, 0.717) is 0 Å². The van der Waals surface area contributed by atoms with Crippen molar-refractivity contribution >= 4 is 27.5 Å². The van der Waals surface area contributed by atoms with E-state index in [1.165, 1.54) is 5.56 Å². The van der Waals surface area contributed by atoms with Crippen LogP contribution in [0.2, 0.25) is 5.02 Å². The van der Waals surface area contributed by atoms with E-state index in [-0.39, 0.29) is 6.04 Å². The van der Waals surface area contributed by atoms with Crippen LogP contribution in [0.15, 0.2) is 41.1 Å². The molecule has 2 aromatic rings. The van der Waals surface area contributed by atoms with Crippen LogP contribution in [0.5, 0.6) is 0 Å². The maximum atomic E-state index is 6.50. The van der Waals surface area contributed by atoms with Crippen molar-refractivity contribution in [3.8, 4) is 0 Å². The zero-order valence-electron chi connectivity index (χ0n) is 12.4. The molecule has 112 valence electrons. The van der Waals surface area contributed by atoms with Crippen molar-refractivity contribution in [2.45, 2.75) is 32.7 Å². The number of nitrogens with one attached hydrogen (secondary N) is 1. The van der Waals surface area contributed by atoms with Gasteiger partial charge in [-0.3, -0.25) is 4.98 Å². The second kappa shape index (κ2) is 7.92. The Balaban J connectivity index is 2.27. The van der Waals surface area contributed by atoms with Crippen LogP contribution in [0.3, 0.4) is 0 Å². The van der Waals surface area contributed by atoms with E-state index in [0.717, 1.165) is 40.0 Å². The number of benzene rings is 1. The first kappa shape index (κ1) is 16.5. The van der Waals surface area contributed by atoms with Crippen molar-refractivity contribution in [1.82, 2.24) is 10.3 Å². The van der Waals surface area contributed by atoms with Gasteiger partial charge in [0.15, 0.2) is 0 Å².